The third-order valence-electron chi connectivity index (χ3n) is 2.91. The Bertz CT molecular complexity index is 349. The van der Waals surface area contributed by atoms with Gasteiger partial charge in [0.2, 0.25) is 0 Å². The smallest absolute Gasteiger partial charge is 0.0860 e. The summed E-state index contributed by atoms with van der Waals surface area (Å²) in [6, 6.07) is 0. The minimum Gasteiger partial charge on any atom is -0.329 e. The molecule has 17 heavy (non-hydrogen) atoms. The molecule has 0 aliphatic carbocycles. The van der Waals surface area contributed by atoms with Gasteiger partial charge in [-0.1, -0.05) is 24.9 Å². The highest BCUT2D eigenvalue weighted by atomic mass is 35.5. The van der Waals surface area contributed by atoms with E-state index in [9.17, 15) is 0 Å². The van der Waals surface area contributed by atoms with Gasteiger partial charge in [-0.2, -0.15) is 5.10 Å². The second kappa shape index (κ2) is 6.99. The van der Waals surface area contributed by atoms with Crippen LogP contribution in [0.3, 0.4) is 0 Å². The van der Waals surface area contributed by atoms with Crippen molar-refractivity contribution in [2.24, 2.45) is 12.8 Å². The lowest BCUT2D eigenvalue weighted by Crippen LogP contribution is -2.30. The zero-order valence-electron chi connectivity index (χ0n) is 11.0. The number of halogens is 1. The lowest BCUT2D eigenvalue weighted by Gasteiger charge is -2.21. The third-order valence-corrected chi connectivity index (χ3v) is 3.40. The fourth-order valence-corrected chi connectivity index (χ4v) is 2.12. The van der Waals surface area contributed by atoms with E-state index in [2.05, 4.69) is 16.9 Å². The van der Waals surface area contributed by atoms with Gasteiger partial charge in [0.25, 0.3) is 0 Å². The summed E-state index contributed by atoms with van der Waals surface area (Å²) < 4.78 is 1.87. The summed E-state index contributed by atoms with van der Waals surface area (Å²) in [5.41, 5.74) is 7.61. The highest BCUT2D eigenvalue weighted by Crippen LogP contribution is 2.20. The first-order chi connectivity index (χ1) is 8.10. The summed E-state index contributed by atoms with van der Waals surface area (Å²) >= 11 is 6.25. The Balaban J connectivity index is 2.70. The van der Waals surface area contributed by atoms with Crippen LogP contribution < -0.4 is 5.73 Å². The molecule has 0 saturated heterocycles. The molecular formula is C12H23ClN4. The molecule has 1 aromatic heterocycles. The predicted molar refractivity (Wildman–Crippen MR) is 72.2 cm³/mol. The number of nitrogens with two attached hydrogens (primary N) is 1. The second-order valence-corrected chi connectivity index (χ2v) is 4.77. The van der Waals surface area contributed by atoms with Crippen LogP contribution in [0.15, 0.2) is 0 Å². The van der Waals surface area contributed by atoms with Crippen molar-refractivity contribution in [3.8, 4) is 0 Å². The van der Waals surface area contributed by atoms with Crippen molar-refractivity contribution >= 4 is 11.6 Å². The second-order valence-electron chi connectivity index (χ2n) is 4.39. The van der Waals surface area contributed by atoms with Gasteiger partial charge in [-0.3, -0.25) is 9.58 Å². The molecular weight excluding hydrogens is 236 g/mol. The molecule has 0 spiro atoms. The first-order valence-electron chi connectivity index (χ1n) is 6.20. The summed E-state index contributed by atoms with van der Waals surface area (Å²) in [7, 11) is 1.94. The summed E-state index contributed by atoms with van der Waals surface area (Å²) in [4.78, 5) is 2.34. The molecule has 1 aromatic rings. The molecule has 4 nitrogen and oxygen atoms in total. The van der Waals surface area contributed by atoms with Crippen molar-refractivity contribution in [1.82, 2.24) is 14.7 Å². The Morgan fingerprint density at radius 3 is 2.59 bits per heavy atom. The van der Waals surface area contributed by atoms with Gasteiger partial charge in [0.1, 0.15) is 0 Å². The molecule has 0 amide bonds. The highest BCUT2D eigenvalue weighted by molar-refractivity contribution is 6.31. The van der Waals surface area contributed by atoms with Crippen LogP contribution in [0, 0.1) is 6.92 Å². The molecule has 0 radical (unpaired) electrons. The number of rotatable bonds is 7. The standard InChI is InChI=1S/C12H23ClN4/c1-4-5-7-17(8-6-14)9-11-12(13)10(2)15-16(11)3/h4-9,14H2,1-3H3. The van der Waals surface area contributed by atoms with Gasteiger partial charge >= 0.3 is 0 Å². The van der Waals surface area contributed by atoms with Crippen LogP contribution in [0.4, 0.5) is 0 Å². The van der Waals surface area contributed by atoms with Crippen LogP contribution in [-0.4, -0.2) is 34.3 Å². The molecule has 1 rings (SSSR count). The normalized spacial score (nSPS) is 11.4. The Labute approximate surface area is 109 Å². The van der Waals surface area contributed by atoms with Crippen molar-refractivity contribution in [2.45, 2.75) is 33.2 Å². The first-order valence-corrected chi connectivity index (χ1v) is 6.58. The Morgan fingerprint density at radius 1 is 1.41 bits per heavy atom. The maximum atomic E-state index is 6.25. The van der Waals surface area contributed by atoms with Gasteiger partial charge in [0.05, 0.1) is 16.4 Å². The number of hydrogen-bond donors (Lipinski definition) is 1. The van der Waals surface area contributed by atoms with Crippen LogP contribution in [-0.2, 0) is 13.6 Å². The van der Waals surface area contributed by atoms with Crippen LogP contribution in [0.2, 0.25) is 5.02 Å². The Hall–Kier alpha value is -0.580. The molecule has 0 bridgehead atoms. The summed E-state index contributed by atoms with van der Waals surface area (Å²) in [6.07, 6.45) is 2.38. The van der Waals surface area contributed by atoms with E-state index >= 15 is 0 Å². The summed E-state index contributed by atoms with van der Waals surface area (Å²) in [5, 5.41) is 5.11. The Morgan fingerprint density at radius 2 is 2.12 bits per heavy atom. The van der Waals surface area contributed by atoms with Crippen LogP contribution in [0.1, 0.15) is 31.2 Å². The molecule has 2 N–H and O–H groups in total. The SMILES string of the molecule is CCCCN(CCN)Cc1c(Cl)c(C)nn1C. The van der Waals surface area contributed by atoms with Crippen LogP contribution in [0.5, 0.6) is 0 Å². The molecule has 0 atom stereocenters. The van der Waals surface area contributed by atoms with Gasteiger partial charge in [-0.05, 0) is 19.9 Å². The molecule has 0 unspecified atom stereocenters. The largest absolute Gasteiger partial charge is 0.329 e. The molecule has 0 aliphatic rings. The van der Waals surface area contributed by atoms with Crippen molar-refractivity contribution in [1.29, 1.82) is 0 Å². The van der Waals surface area contributed by atoms with E-state index in [1.165, 1.54) is 12.8 Å². The zero-order valence-corrected chi connectivity index (χ0v) is 11.8. The van der Waals surface area contributed by atoms with E-state index in [1.807, 2.05) is 18.7 Å². The number of hydrogen-bond acceptors (Lipinski definition) is 3. The van der Waals surface area contributed by atoms with Gasteiger partial charge in [0, 0.05) is 26.7 Å². The fourth-order valence-electron chi connectivity index (χ4n) is 1.90. The van der Waals surface area contributed by atoms with Gasteiger partial charge in [-0.15, -0.1) is 0 Å². The van der Waals surface area contributed by atoms with E-state index in [-0.39, 0.29) is 0 Å². The van der Waals surface area contributed by atoms with Gasteiger partial charge in [0.15, 0.2) is 0 Å². The van der Waals surface area contributed by atoms with E-state index in [0.29, 0.717) is 6.54 Å². The maximum Gasteiger partial charge on any atom is 0.0860 e. The molecule has 0 aliphatic heterocycles. The van der Waals surface area contributed by atoms with Gasteiger partial charge in [-0.25, -0.2) is 0 Å². The first kappa shape index (κ1) is 14.5. The number of aromatic nitrogens is 2. The third kappa shape index (κ3) is 3.98. The lowest BCUT2D eigenvalue weighted by atomic mass is 10.3. The van der Waals surface area contributed by atoms with Crippen molar-refractivity contribution in [3.05, 3.63) is 16.4 Å². The van der Waals surface area contributed by atoms with Crippen LogP contribution >= 0.6 is 11.6 Å². The number of nitrogens with zero attached hydrogens (tertiary/aromatic N) is 3. The van der Waals surface area contributed by atoms with Crippen molar-refractivity contribution in [2.75, 3.05) is 19.6 Å². The average molecular weight is 259 g/mol. The maximum absolute atomic E-state index is 6.25. The molecule has 5 heteroatoms. The summed E-state index contributed by atoms with van der Waals surface area (Å²) in [5.74, 6) is 0. The van der Waals surface area contributed by atoms with E-state index in [1.54, 1.807) is 0 Å². The number of aryl methyl sites for hydroxylation is 2. The minimum absolute atomic E-state index is 0.679. The van der Waals surface area contributed by atoms with Crippen molar-refractivity contribution in [3.63, 3.8) is 0 Å². The topological polar surface area (TPSA) is 47.1 Å². The average Bonchev–Trinajstić information content (AvgIpc) is 2.53. The zero-order chi connectivity index (χ0) is 12.8. The van der Waals surface area contributed by atoms with Crippen LogP contribution in [0.25, 0.3) is 0 Å². The van der Waals surface area contributed by atoms with Crippen molar-refractivity contribution < 1.29 is 0 Å². The molecule has 0 saturated carbocycles. The lowest BCUT2D eigenvalue weighted by molar-refractivity contribution is 0.261. The van der Waals surface area contributed by atoms with E-state index < -0.39 is 0 Å². The molecule has 0 aromatic carbocycles. The molecule has 1 heterocycles. The quantitative estimate of drug-likeness (QED) is 0.813. The van der Waals surface area contributed by atoms with Gasteiger partial charge < -0.3 is 5.73 Å². The fraction of sp³-hybridized carbons (Fsp3) is 0.750. The van der Waals surface area contributed by atoms with E-state index in [4.69, 9.17) is 17.3 Å². The predicted octanol–water partition coefficient (Wildman–Crippen LogP) is 1.94. The highest BCUT2D eigenvalue weighted by Gasteiger charge is 2.14. The molecule has 98 valence electrons. The minimum atomic E-state index is 0.679. The monoisotopic (exact) mass is 258 g/mol. The Kier molecular flexibility index (Phi) is 5.95. The number of unbranched alkanes of at least 4 members (excludes halogenated alkanes) is 1. The van der Waals surface area contributed by atoms with E-state index in [0.717, 1.165) is 36.0 Å². The summed E-state index contributed by atoms with van der Waals surface area (Å²) in [6.45, 7) is 7.60. The molecule has 0 fully saturated rings.